The zero-order valence-electron chi connectivity index (χ0n) is 12.5. The number of benzene rings is 1. The fraction of sp³-hybridized carbons (Fsp3) is 0.333. The highest BCUT2D eigenvalue weighted by molar-refractivity contribution is 5.87. The third-order valence-electron chi connectivity index (χ3n) is 3.17. The fourth-order valence-electron chi connectivity index (χ4n) is 2.05. The van der Waals surface area contributed by atoms with Crippen molar-refractivity contribution < 1.29 is 9.59 Å². The van der Waals surface area contributed by atoms with Gasteiger partial charge in [-0.3, -0.25) is 19.0 Å². The molecule has 0 fully saturated rings. The quantitative estimate of drug-likeness (QED) is 0.815. The van der Waals surface area contributed by atoms with Crippen molar-refractivity contribution in [1.29, 1.82) is 0 Å². The SMILES string of the molecule is CCNC(=O)[C@H](C)NC(=O)Cn1cnc2ccccc2c1=O. The number of rotatable bonds is 5. The molecule has 0 spiro atoms. The second kappa shape index (κ2) is 6.84. The lowest BCUT2D eigenvalue weighted by Gasteiger charge is -2.14. The first-order chi connectivity index (χ1) is 10.5. The number of amides is 2. The average molecular weight is 302 g/mol. The van der Waals surface area contributed by atoms with Crippen LogP contribution < -0.4 is 16.2 Å². The molecule has 0 saturated heterocycles. The molecule has 0 aliphatic rings. The van der Waals surface area contributed by atoms with Crippen LogP contribution in [0.4, 0.5) is 0 Å². The Hall–Kier alpha value is -2.70. The molecule has 1 aromatic heterocycles. The van der Waals surface area contributed by atoms with E-state index in [1.807, 2.05) is 0 Å². The van der Waals surface area contributed by atoms with Crippen molar-refractivity contribution in [2.24, 2.45) is 0 Å². The molecule has 2 aromatic rings. The van der Waals surface area contributed by atoms with Crippen LogP contribution in [0.3, 0.4) is 0 Å². The number of nitrogens with one attached hydrogen (secondary N) is 2. The van der Waals surface area contributed by atoms with Crippen LogP contribution in [0, 0.1) is 0 Å². The normalized spacial score (nSPS) is 11.9. The van der Waals surface area contributed by atoms with Gasteiger partial charge in [0.15, 0.2) is 0 Å². The molecule has 22 heavy (non-hydrogen) atoms. The van der Waals surface area contributed by atoms with Gasteiger partial charge in [-0.1, -0.05) is 12.1 Å². The molecule has 7 heteroatoms. The predicted octanol–water partition coefficient (Wildman–Crippen LogP) is 0.0373. The van der Waals surface area contributed by atoms with E-state index >= 15 is 0 Å². The topological polar surface area (TPSA) is 93.1 Å². The number of fused-ring (bicyclic) bond motifs is 1. The Bertz CT molecular complexity index is 754. The third-order valence-corrected chi connectivity index (χ3v) is 3.17. The van der Waals surface area contributed by atoms with E-state index in [4.69, 9.17) is 0 Å². The number of para-hydroxylation sites is 1. The molecule has 2 N–H and O–H groups in total. The summed E-state index contributed by atoms with van der Waals surface area (Å²) in [6.45, 7) is 3.70. The van der Waals surface area contributed by atoms with Crippen LogP contribution in [-0.2, 0) is 16.1 Å². The van der Waals surface area contributed by atoms with E-state index in [1.165, 1.54) is 10.9 Å². The zero-order chi connectivity index (χ0) is 16.1. The van der Waals surface area contributed by atoms with Gasteiger partial charge in [0.25, 0.3) is 5.56 Å². The largest absolute Gasteiger partial charge is 0.355 e. The highest BCUT2D eigenvalue weighted by atomic mass is 16.2. The van der Waals surface area contributed by atoms with Crippen LogP contribution in [0.15, 0.2) is 35.4 Å². The Morgan fingerprint density at radius 1 is 1.32 bits per heavy atom. The highest BCUT2D eigenvalue weighted by Gasteiger charge is 2.15. The van der Waals surface area contributed by atoms with Crippen molar-refractivity contribution in [3.05, 3.63) is 40.9 Å². The van der Waals surface area contributed by atoms with Crippen LogP contribution >= 0.6 is 0 Å². The molecule has 1 aromatic carbocycles. The van der Waals surface area contributed by atoms with E-state index in [9.17, 15) is 14.4 Å². The van der Waals surface area contributed by atoms with Gasteiger partial charge >= 0.3 is 0 Å². The summed E-state index contributed by atoms with van der Waals surface area (Å²) in [7, 11) is 0. The van der Waals surface area contributed by atoms with Crippen LogP contribution in [0.2, 0.25) is 0 Å². The van der Waals surface area contributed by atoms with Crippen molar-refractivity contribution >= 4 is 22.7 Å². The molecular formula is C15H18N4O3. The van der Waals surface area contributed by atoms with E-state index in [2.05, 4.69) is 15.6 Å². The highest BCUT2D eigenvalue weighted by Crippen LogP contribution is 2.04. The van der Waals surface area contributed by atoms with E-state index in [0.29, 0.717) is 17.4 Å². The Morgan fingerprint density at radius 2 is 2.05 bits per heavy atom. The van der Waals surface area contributed by atoms with Crippen LogP contribution in [0.25, 0.3) is 10.9 Å². The smallest absolute Gasteiger partial charge is 0.261 e. The van der Waals surface area contributed by atoms with Gasteiger partial charge in [0, 0.05) is 6.54 Å². The van der Waals surface area contributed by atoms with E-state index in [0.717, 1.165) is 0 Å². The lowest BCUT2D eigenvalue weighted by molar-refractivity contribution is -0.128. The average Bonchev–Trinajstić information content (AvgIpc) is 2.50. The lowest BCUT2D eigenvalue weighted by atomic mass is 10.2. The summed E-state index contributed by atoms with van der Waals surface area (Å²) >= 11 is 0. The zero-order valence-corrected chi connectivity index (χ0v) is 12.5. The van der Waals surface area contributed by atoms with Gasteiger partial charge < -0.3 is 10.6 Å². The van der Waals surface area contributed by atoms with Gasteiger partial charge in [-0.25, -0.2) is 4.98 Å². The summed E-state index contributed by atoms with van der Waals surface area (Å²) in [5.74, 6) is -0.683. The minimum atomic E-state index is -0.656. The Kier molecular flexibility index (Phi) is 4.88. The lowest BCUT2D eigenvalue weighted by Crippen LogP contribution is -2.46. The van der Waals surface area contributed by atoms with Crippen molar-refractivity contribution in [3.63, 3.8) is 0 Å². The standard InChI is InChI=1S/C15H18N4O3/c1-3-16-14(21)10(2)18-13(20)8-19-9-17-12-7-5-4-6-11(12)15(19)22/h4-7,9-10H,3,8H2,1-2H3,(H,16,21)(H,18,20)/t10-/m0/s1. The van der Waals surface area contributed by atoms with E-state index in [1.54, 1.807) is 38.1 Å². The van der Waals surface area contributed by atoms with Crippen molar-refractivity contribution in [3.8, 4) is 0 Å². The van der Waals surface area contributed by atoms with Gasteiger partial charge in [-0.2, -0.15) is 0 Å². The number of likely N-dealkylation sites (N-methyl/N-ethyl adjacent to an activating group) is 1. The number of hydrogen-bond donors (Lipinski definition) is 2. The summed E-state index contributed by atoms with van der Waals surface area (Å²) in [4.78, 5) is 39.9. The van der Waals surface area contributed by atoms with Gasteiger partial charge in [0.05, 0.1) is 17.2 Å². The predicted molar refractivity (Wildman–Crippen MR) is 82.3 cm³/mol. The number of nitrogens with zero attached hydrogens (tertiary/aromatic N) is 2. The number of aromatic nitrogens is 2. The summed E-state index contributed by atoms with van der Waals surface area (Å²) in [5, 5.41) is 5.62. The minimum absolute atomic E-state index is 0.180. The van der Waals surface area contributed by atoms with Gasteiger partial charge in [-0.05, 0) is 26.0 Å². The molecule has 116 valence electrons. The monoisotopic (exact) mass is 302 g/mol. The summed E-state index contributed by atoms with van der Waals surface area (Å²) in [5.41, 5.74) is 0.297. The Balaban J connectivity index is 2.11. The summed E-state index contributed by atoms with van der Waals surface area (Å²) in [6, 6.07) is 6.28. The molecule has 0 saturated carbocycles. The molecule has 7 nitrogen and oxygen atoms in total. The number of carbonyl (C=O) groups excluding carboxylic acids is 2. The van der Waals surface area contributed by atoms with Crippen molar-refractivity contribution in [2.45, 2.75) is 26.4 Å². The molecular weight excluding hydrogens is 284 g/mol. The first kappa shape index (κ1) is 15.7. The van der Waals surface area contributed by atoms with E-state index in [-0.39, 0.29) is 18.0 Å². The number of hydrogen-bond acceptors (Lipinski definition) is 4. The second-order valence-corrected chi connectivity index (χ2v) is 4.88. The molecule has 2 rings (SSSR count). The van der Waals surface area contributed by atoms with Crippen LogP contribution in [-0.4, -0.2) is 34.0 Å². The summed E-state index contributed by atoms with van der Waals surface area (Å²) < 4.78 is 1.22. The second-order valence-electron chi connectivity index (χ2n) is 4.88. The Morgan fingerprint density at radius 3 is 2.77 bits per heavy atom. The van der Waals surface area contributed by atoms with Crippen LogP contribution in [0.1, 0.15) is 13.8 Å². The number of carbonyl (C=O) groups is 2. The maximum Gasteiger partial charge on any atom is 0.261 e. The molecule has 0 radical (unpaired) electrons. The molecule has 1 atom stereocenters. The van der Waals surface area contributed by atoms with Gasteiger partial charge in [0.2, 0.25) is 11.8 Å². The van der Waals surface area contributed by atoms with Crippen molar-refractivity contribution in [2.75, 3.05) is 6.54 Å². The molecule has 0 unspecified atom stereocenters. The van der Waals surface area contributed by atoms with Crippen molar-refractivity contribution in [1.82, 2.24) is 20.2 Å². The van der Waals surface area contributed by atoms with Crippen LogP contribution in [0.5, 0.6) is 0 Å². The molecule has 1 heterocycles. The first-order valence-electron chi connectivity index (χ1n) is 7.04. The summed E-state index contributed by atoms with van der Waals surface area (Å²) in [6.07, 6.45) is 1.33. The first-order valence-corrected chi connectivity index (χ1v) is 7.04. The minimum Gasteiger partial charge on any atom is -0.355 e. The fourth-order valence-corrected chi connectivity index (χ4v) is 2.05. The maximum atomic E-state index is 12.2. The van der Waals surface area contributed by atoms with Gasteiger partial charge in [0.1, 0.15) is 12.6 Å². The Labute approximate surface area is 127 Å². The van der Waals surface area contributed by atoms with E-state index < -0.39 is 11.9 Å². The molecule has 0 aliphatic carbocycles. The molecule has 0 bridgehead atoms. The molecule has 2 amide bonds. The maximum absolute atomic E-state index is 12.2. The van der Waals surface area contributed by atoms with Gasteiger partial charge in [-0.15, -0.1) is 0 Å². The molecule has 0 aliphatic heterocycles. The third kappa shape index (κ3) is 3.49.